The van der Waals surface area contributed by atoms with Crippen molar-refractivity contribution in [1.82, 2.24) is 23.9 Å². The Kier molecular flexibility index (Phi) is 5.59. The van der Waals surface area contributed by atoms with E-state index >= 15 is 0 Å². The lowest BCUT2D eigenvalue weighted by Gasteiger charge is -2.27. The summed E-state index contributed by atoms with van der Waals surface area (Å²) < 4.78 is 35.0. The molecule has 10 nitrogen and oxygen atoms in total. The van der Waals surface area contributed by atoms with Gasteiger partial charge in [-0.1, -0.05) is 17.7 Å². The average molecular weight is 507 g/mol. The van der Waals surface area contributed by atoms with E-state index < -0.39 is 21.7 Å². The van der Waals surface area contributed by atoms with Crippen molar-refractivity contribution < 1.29 is 17.9 Å². The number of ether oxygens (including phenoxy) is 1. The van der Waals surface area contributed by atoms with Gasteiger partial charge in [0, 0.05) is 23.5 Å². The van der Waals surface area contributed by atoms with E-state index in [4.69, 9.17) is 4.74 Å². The maximum atomic E-state index is 13.3. The zero-order valence-corrected chi connectivity index (χ0v) is 21.2. The number of pyridine rings is 1. The molecule has 11 heteroatoms. The van der Waals surface area contributed by atoms with Gasteiger partial charge in [0.15, 0.2) is 5.65 Å². The number of benzene rings is 1. The fourth-order valence-electron chi connectivity index (χ4n) is 3.96. The number of fused-ring (bicyclic) bond motifs is 3. The van der Waals surface area contributed by atoms with Crippen LogP contribution in [0.25, 0.3) is 22.1 Å². The van der Waals surface area contributed by atoms with E-state index in [2.05, 4.69) is 15.3 Å². The number of amides is 1. The van der Waals surface area contributed by atoms with E-state index in [0.29, 0.717) is 34.3 Å². The topological polar surface area (TPSA) is 111 Å². The number of carbonyl (C=O) groups excluding carboxylic acids is 1. The molecule has 1 N–H and O–H groups in total. The van der Waals surface area contributed by atoms with Gasteiger partial charge in [-0.25, -0.2) is 31.8 Å². The molecule has 0 saturated carbocycles. The van der Waals surface area contributed by atoms with Crippen molar-refractivity contribution in [3.05, 3.63) is 78.7 Å². The Morgan fingerprint density at radius 1 is 1.11 bits per heavy atom. The molecule has 186 valence electrons. The summed E-state index contributed by atoms with van der Waals surface area (Å²) in [5.41, 5.74) is 2.60. The number of allylic oxidation sites excluding steroid dienone is 2. The van der Waals surface area contributed by atoms with Gasteiger partial charge in [0.05, 0.1) is 17.6 Å². The maximum Gasteiger partial charge on any atom is 0.411 e. The molecule has 0 atom stereocenters. The first-order valence-corrected chi connectivity index (χ1v) is 12.8. The Labute approximate surface area is 208 Å². The summed E-state index contributed by atoms with van der Waals surface area (Å²) in [6.07, 6.45) is 9.59. The summed E-state index contributed by atoms with van der Waals surface area (Å²) in [7, 11) is -3.84. The third-order valence-corrected chi connectivity index (χ3v) is 7.25. The van der Waals surface area contributed by atoms with Gasteiger partial charge in [0.25, 0.3) is 10.0 Å². The smallest absolute Gasteiger partial charge is 0.411 e. The quantitative estimate of drug-likeness (QED) is 0.448. The normalized spacial score (nSPS) is 14.3. The monoisotopic (exact) mass is 506 g/mol. The largest absolute Gasteiger partial charge is 0.444 e. The highest BCUT2D eigenvalue weighted by atomic mass is 32.2. The predicted molar refractivity (Wildman–Crippen MR) is 136 cm³/mol. The number of hydrogen-bond acceptors (Lipinski definition) is 7. The number of carbonyl (C=O) groups is 1. The summed E-state index contributed by atoms with van der Waals surface area (Å²) in [5, 5.41) is 5.26. The number of rotatable bonds is 4. The highest BCUT2D eigenvalue weighted by Crippen LogP contribution is 2.27. The highest BCUT2D eigenvalue weighted by molar-refractivity contribution is 7.90. The highest BCUT2D eigenvalue weighted by Gasteiger charge is 2.23. The Hall–Kier alpha value is -4.12. The molecule has 0 bridgehead atoms. The Balaban J connectivity index is 1.50. The first-order valence-electron chi connectivity index (χ1n) is 11.3. The van der Waals surface area contributed by atoms with Crippen molar-refractivity contribution in [3.63, 3.8) is 0 Å². The summed E-state index contributed by atoms with van der Waals surface area (Å²) in [6.45, 7) is 7.65. The number of imidazole rings is 1. The Morgan fingerprint density at radius 3 is 2.58 bits per heavy atom. The molecule has 4 heterocycles. The van der Waals surface area contributed by atoms with Gasteiger partial charge in [-0.2, -0.15) is 0 Å². The molecule has 5 rings (SSSR count). The van der Waals surface area contributed by atoms with E-state index in [9.17, 15) is 13.2 Å². The molecule has 1 amide bonds. The van der Waals surface area contributed by atoms with E-state index in [1.807, 2.05) is 22.8 Å². The second-order valence-electron chi connectivity index (χ2n) is 9.51. The van der Waals surface area contributed by atoms with E-state index in [1.54, 1.807) is 75.8 Å². The molecule has 0 spiro atoms. The predicted octanol–water partition coefficient (Wildman–Crippen LogP) is 3.81. The lowest BCUT2D eigenvalue weighted by Crippen LogP contribution is -2.39. The maximum absolute atomic E-state index is 13.3. The van der Waals surface area contributed by atoms with Crippen molar-refractivity contribution in [1.29, 1.82) is 0 Å². The second kappa shape index (κ2) is 8.52. The molecule has 1 aromatic carbocycles. The molecule has 3 aromatic heterocycles. The van der Waals surface area contributed by atoms with Crippen molar-refractivity contribution in [2.75, 3.05) is 11.6 Å². The number of alkyl carbamates (subject to hydrolysis) is 1. The average Bonchev–Trinajstić information content (AvgIpc) is 3.42. The van der Waals surface area contributed by atoms with E-state index in [0.717, 1.165) is 5.56 Å². The van der Waals surface area contributed by atoms with Gasteiger partial charge in [0.2, 0.25) is 0 Å². The Bertz CT molecular complexity index is 1640. The first kappa shape index (κ1) is 23.6. The molecule has 0 radical (unpaired) electrons. The molecular weight excluding hydrogens is 480 g/mol. The van der Waals surface area contributed by atoms with Gasteiger partial charge < -0.3 is 4.74 Å². The van der Waals surface area contributed by atoms with Crippen LogP contribution in [0.2, 0.25) is 0 Å². The molecule has 4 aromatic rings. The molecule has 0 saturated heterocycles. The minimum Gasteiger partial charge on any atom is -0.444 e. The van der Waals surface area contributed by atoms with Crippen LogP contribution in [0.1, 0.15) is 26.3 Å². The van der Waals surface area contributed by atoms with Gasteiger partial charge in [-0.15, -0.1) is 0 Å². The fraction of sp³-hybridized carbons (Fsp3) is 0.240. The molecular formula is C25H26N6O4S. The number of nitrogens with one attached hydrogen (secondary N) is 1. The zero-order valence-electron chi connectivity index (χ0n) is 20.3. The molecule has 36 heavy (non-hydrogen) atoms. The summed E-state index contributed by atoms with van der Waals surface area (Å²) in [5.74, 6) is 0. The lowest BCUT2D eigenvalue weighted by atomic mass is 10.2. The molecule has 0 aliphatic carbocycles. The van der Waals surface area contributed by atoms with Crippen LogP contribution < -0.4 is 10.3 Å². The number of hydrogen-bond donors (Lipinski definition) is 1. The van der Waals surface area contributed by atoms with Gasteiger partial charge in [0.1, 0.15) is 23.0 Å². The fourth-order valence-corrected chi connectivity index (χ4v) is 5.26. The van der Waals surface area contributed by atoms with E-state index in [1.165, 1.54) is 10.2 Å². The van der Waals surface area contributed by atoms with Gasteiger partial charge >= 0.3 is 6.09 Å². The van der Waals surface area contributed by atoms with E-state index in [-0.39, 0.29) is 4.90 Å². The van der Waals surface area contributed by atoms with Gasteiger partial charge in [-0.05, 0) is 58.0 Å². The molecule has 0 fully saturated rings. The summed E-state index contributed by atoms with van der Waals surface area (Å²) >= 11 is 0. The van der Waals surface area contributed by atoms with Crippen LogP contribution in [0.3, 0.4) is 0 Å². The van der Waals surface area contributed by atoms with Crippen molar-refractivity contribution in [3.8, 4) is 0 Å². The van der Waals surface area contributed by atoms with Gasteiger partial charge in [-0.3, -0.25) is 10.3 Å². The Morgan fingerprint density at radius 2 is 1.86 bits per heavy atom. The minimum absolute atomic E-state index is 0.183. The third-order valence-electron chi connectivity index (χ3n) is 5.57. The number of aromatic nitrogens is 4. The van der Waals surface area contributed by atoms with Crippen LogP contribution in [0.15, 0.2) is 78.0 Å². The first-order chi connectivity index (χ1) is 17.0. The SMILES string of the molecule is Cc1ccc(S(=O)(=O)n2ccc3c4c(cnc32)ncn4N2C=CC=C(NC(=O)OC(C)(C)C)C2)cc1. The second-order valence-corrected chi connectivity index (χ2v) is 11.3. The number of nitrogens with zero attached hydrogens (tertiary/aromatic N) is 5. The third kappa shape index (κ3) is 4.33. The van der Waals surface area contributed by atoms with Crippen LogP contribution in [0, 0.1) is 6.92 Å². The van der Waals surface area contributed by atoms with Crippen molar-refractivity contribution in [2.45, 2.75) is 38.2 Å². The summed E-state index contributed by atoms with van der Waals surface area (Å²) in [4.78, 5) is 21.3. The molecule has 1 aliphatic heterocycles. The van der Waals surface area contributed by atoms with Crippen molar-refractivity contribution in [2.24, 2.45) is 0 Å². The zero-order chi connectivity index (χ0) is 25.7. The van der Waals surface area contributed by atoms with Crippen LogP contribution in [-0.2, 0) is 14.8 Å². The van der Waals surface area contributed by atoms with Crippen LogP contribution in [-0.4, -0.2) is 45.3 Å². The number of aryl methyl sites for hydroxylation is 1. The van der Waals surface area contributed by atoms with Crippen LogP contribution in [0.5, 0.6) is 0 Å². The summed E-state index contributed by atoms with van der Waals surface area (Å²) in [6, 6.07) is 8.42. The van der Waals surface area contributed by atoms with Crippen LogP contribution in [0.4, 0.5) is 4.79 Å². The van der Waals surface area contributed by atoms with Crippen molar-refractivity contribution >= 4 is 38.2 Å². The lowest BCUT2D eigenvalue weighted by molar-refractivity contribution is 0.0545. The van der Waals surface area contributed by atoms with Crippen LogP contribution >= 0.6 is 0 Å². The standard InChI is InChI=1S/C25H26N6O4S/c1-17-7-9-19(10-8-17)36(33,34)31-13-11-20-22-21(14-26-23(20)31)27-16-30(22)29-12-5-6-18(15-29)28-24(32)35-25(2,3)4/h5-14,16H,15H2,1-4H3,(H,28,32). The molecule has 1 aliphatic rings. The minimum atomic E-state index is -3.84. The molecule has 0 unspecified atom stereocenters.